The molecular weight excluding hydrogens is 568 g/mol. The lowest BCUT2D eigenvalue weighted by atomic mass is 9.84. The Labute approximate surface area is 241 Å². The second kappa shape index (κ2) is 14.1. The normalized spacial score (nSPS) is 53.8. The molecule has 246 valence electrons. The Morgan fingerprint density at radius 1 is 0.524 bits per heavy atom. The highest BCUT2D eigenvalue weighted by Crippen LogP contribution is 2.34. The fourth-order valence-electron chi connectivity index (χ4n) is 5.74. The molecule has 19 heteroatoms. The summed E-state index contributed by atoms with van der Waals surface area (Å²) in [5.41, 5.74) is 35.6. The maximum absolute atomic E-state index is 11.1. The average molecular weight is 615 g/mol. The quantitative estimate of drug-likeness (QED) is 0.115. The zero-order valence-corrected chi connectivity index (χ0v) is 22.8. The number of hydrogen-bond acceptors (Lipinski definition) is 19. The van der Waals surface area contributed by atoms with E-state index in [9.17, 15) is 35.7 Å². The van der Waals surface area contributed by atoms with Crippen LogP contribution in [-0.2, 0) is 28.4 Å². The maximum Gasteiger partial charge on any atom is 0.187 e. The standard InChI is InChI=1S/C23H46N6O13/c24-2-7-13(32)15(34)10(28)21(37-7)40-18-6(27)1-5(26)12(31)20(18)42-23-17(36)19(9(4-30)39-23)41-22-11(29)16(35)14(33)8(3-25)38-22/h5-23,30-36H,1-4,24-29H2/t5-,6+,7-,8-,9-,10-,11-,12+,13-,14-,15-,16-,17-,18-,19?,20-,21-,22-,23+/m1/s1. The van der Waals surface area contributed by atoms with Gasteiger partial charge in [-0.2, -0.15) is 0 Å². The zero-order chi connectivity index (χ0) is 31.0. The van der Waals surface area contributed by atoms with Crippen molar-refractivity contribution in [3.05, 3.63) is 0 Å². The predicted molar refractivity (Wildman–Crippen MR) is 138 cm³/mol. The van der Waals surface area contributed by atoms with Gasteiger partial charge in [-0.15, -0.1) is 0 Å². The average Bonchev–Trinajstić information content (AvgIpc) is 3.27. The lowest BCUT2D eigenvalue weighted by molar-refractivity contribution is -0.306. The van der Waals surface area contributed by atoms with Crippen molar-refractivity contribution in [2.24, 2.45) is 34.4 Å². The summed E-state index contributed by atoms with van der Waals surface area (Å²) in [7, 11) is 0. The Kier molecular flexibility index (Phi) is 11.5. The van der Waals surface area contributed by atoms with Crippen molar-refractivity contribution in [1.29, 1.82) is 0 Å². The van der Waals surface area contributed by atoms with Crippen LogP contribution in [0.15, 0.2) is 0 Å². The molecule has 0 amide bonds. The number of aliphatic hydroxyl groups is 7. The monoisotopic (exact) mass is 614 g/mol. The van der Waals surface area contributed by atoms with E-state index in [1.54, 1.807) is 0 Å². The molecule has 19 N–H and O–H groups in total. The fourth-order valence-corrected chi connectivity index (χ4v) is 5.74. The van der Waals surface area contributed by atoms with Crippen LogP contribution in [0.2, 0.25) is 0 Å². The number of ether oxygens (including phenoxy) is 6. The Bertz CT molecular complexity index is 868. The molecule has 0 aromatic rings. The van der Waals surface area contributed by atoms with E-state index in [1.165, 1.54) is 0 Å². The van der Waals surface area contributed by atoms with E-state index >= 15 is 0 Å². The van der Waals surface area contributed by atoms with E-state index in [2.05, 4.69) is 0 Å². The molecule has 0 spiro atoms. The summed E-state index contributed by atoms with van der Waals surface area (Å²) in [6, 6.07) is -4.18. The third-order valence-electron chi connectivity index (χ3n) is 8.37. The summed E-state index contributed by atoms with van der Waals surface area (Å²) in [6.07, 6.45) is -19.8. The SMILES string of the molecule is NC[C@H]1O[C@H](OC2[C@@H](O)[C@H](O[C@@H]3[C@@H](O)[C@H](N)C[C@H](N)[C@H]3O[C@H]3O[C@H](CN)[C@@H](O)[C@H](O)[C@H]3N)O[C@@H]2CO)[C@H](N)[C@@H](O)[C@@H]1O. The van der Waals surface area contributed by atoms with Gasteiger partial charge >= 0.3 is 0 Å². The van der Waals surface area contributed by atoms with Crippen molar-refractivity contribution in [2.75, 3.05) is 19.7 Å². The number of rotatable bonds is 9. The van der Waals surface area contributed by atoms with Gasteiger partial charge in [-0.05, 0) is 6.42 Å². The minimum absolute atomic E-state index is 0.0889. The van der Waals surface area contributed by atoms with Crippen molar-refractivity contribution in [3.63, 3.8) is 0 Å². The van der Waals surface area contributed by atoms with Crippen LogP contribution in [0.25, 0.3) is 0 Å². The van der Waals surface area contributed by atoms with Crippen LogP contribution in [0.3, 0.4) is 0 Å². The second-order valence-electron chi connectivity index (χ2n) is 11.2. The fraction of sp³-hybridized carbons (Fsp3) is 1.00. The van der Waals surface area contributed by atoms with Crippen molar-refractivity contribution < 1.29 is 64.2 Å². The molecule has 42 heavy (non-hydrogen) atoms. The van der Waals surface area contributed by atoms with Crippen LogP contribution in [-0.4, -0.2) is 172 Å². The molecular formula is C23H46N6O13. The van der Waals surface area contributed by atoms with Gasteiger partial charge < -0.3 is 98.6 Å². The molecule has 3 saturated heterocycles. The highest BCUT2D eigenvalue weighted by molar-refractivity contribution is 5.02. The van der Waals surface area contributed by atoms with E-state index in [0.717, 1.165) is 0 Å². The van der Waals surface area contributed by atoms with Crippen LogP contribution in [0.5, 0.6) is 0 Å². The first-order chi connectivity index (χ1) is 19.8. The molecule has 0 aromatic carbocycles. The molecule has 4 fully saturated rings. The van der Waals surface area contributed by atoms with E-state index in [-0.39, 0.29) is 19.5 Å². The van der Waals surface area contributed by atoms with Crippen LogP contribution < -0.4 is 34.4 Å². The minimum Gasteiger partial charge on any atom is -0.394 e. The van der Waals surface area contributed by atoms with E-state index < -0.39 is 123 Å². The molecule has 19 nitrogen and oxygen atoms in total. The van der Waals surface area contributed by atoms with Gasteiger partial charge in [-0.25, -0.2) is 0 Å². The van der Waals surface area contributed by atoms with Crippen LogP contribution >= 0.6 is 0 Å². The smallest absolute Gasteiger partial charge is 0.187 e. The Balaban J connectivity index is 1.50. The van der Waals surface area contributed by atoms with E-state index in [0.29, 0.717) is 0 Å². The Hall–Kier alpha value is -0.760. The maximum atomic E-state index is 11.1. The van der Waals surface area contributed by atoms with Crippen LogP contribution in [0.1, 0.15) is 6.42 Å². The van der Waals surface area contributed by atoms with Crippen molar-refractivity contribution >= 4 is 0 Å². The van der Waals surface area contributed by atoms with Gasteiger partial charge in [-0.3, -0.25) is 0 Å². The lowest BCUT2D eigenvalue weighted by Crippen LogP contribution is -2.68. The molecule has 0 bridgehead atoms. The zero-order valence-electron chi connectivity index (χ0n) is 22.8. The summed E-state index contributed by atoms with van der Waals surface area (Å²) < 4.78 is 34.6. The molecule has 1 unspecified atom stereocenters. The molecule has 1 saturated carbocycles. The van der Waals surface area contributed by atoms with E-state index in [1.807, 2.05) is 0 Å². The topological polar surface area (TPSA) is 353 Å². The summed E-state index contributed by atoms with van der Waals surface area (Å²) >= 11 is 0. The summed E-state index contributed by atoms with van der Waals surface area (Å²) in [5, 5.41) is 73.0. The number of hydrogen-bond donors (Lipinski definition) is 13. The second-order valence-corrected chi connectivity index (χ2v) is 11.2. The van der Waals surface area contributed by atoms with Gasteiger partial charge in [0.2, 0.25) is 0 Å². The Morgan fingerprint density at radius 3 is 1.45 bits per heavy atom. The van der Waals surface area contributed by atoms with Gasteiger partial charge in [0.25, 0.3) is 0 Å². The first-order valence-electron chi connectivity index (χ1n) is 13.9. The third kappa shape index (κ3) is 6.60. The highest BCUT2D eigenvalue weighted by Gasteiger charge is 2.54. The Morgan fingerprint density at radius 2 is 0.976 bits per heavy atom. The van der Waals surface area contributed by atoms with Gasteiger partial charge in [0, 0.05) is 25.2 Å². The van der Waals surface area contributed by atoms with Gasteiger partial charge in [-0.1, -0.05) is 0 Å². The van der Waals surface area contributed by atoms with Crippen molar-refractivity contribution in [2.45, 2.75) is 123 Å². The van der Waals surface area contributed by atoms with Crippen LogP contribution in [0.4, 0.5) is 0 Å². The first-order valence-corrected chi connectivity index (χ1v) is 13.9. The molecule has 4 aliphatic rings. The highest BCUT2D eigenvalue weighted by atomic mass is 16.8. The van der Waals surface area contributed by atoms with Gasteiger partial charge in [0.1, 0.15) is 67.1 Å². The summed E-state index contributed by atoms with van der Waals surface area (Å²) in [5.74, 6) is 0. The van der Waals surface area contributed by atoms with Gasteiger partial charge in [0.05, 0.1) is 24.8 Å². The van der Waals surface area contributed by atoms with Gasteiger partial charge in [0.15, 0.2) is 18.9 Å². The summed E-state index contributed by atoms with van der Waals surface area (Å²) in [6.45, 7) is -0.967. The van der Waals surface area contributed by atoms with E-state index in [4.69, 9.17) is 62.8 Å². The van der Waals surface area contributed by atoms with Crippen LogP contribution in [0, 0.1) is 0 Å². The largest absolute Gasteiger partial charge is 0.394 e. The molecule has 3 heterocycles. The first kappa shape index (κ1) is 34.1. The minimum atomic E-state index is -1.60. The lowest BCUT2D eigenvalue weighted by Gasteiger charge is -2.47. The molecule has 0 aromatic heterocycles. The molecule has 4 rings (SSSR count). The molecule has 19 atom stereocenters. The number of nitrogens with two attached hydrogens (primary N) is 6. The molecule has 3 aliphatic heterocycles. The third-order valence-corrected chi connectivity index (χ3v) is 8.37. The van der Waals surface area contributed by atoms with Crippen molar-refractivity contribution in [3.8, 4) is 0 Å². The van der Waals surface area contributed by atoms with Crippen molar-refractivity contribution in [1.82, 2.24) is 0 Å². The predicted octanol–water partition coefficient (Wildman–Crippen LogP) is -8.90. The summed E-state index contributed by atoms with van der Waals surface area (Å²) in [4.78, 5) is 0. The number of aliphatic hydroxyl groups excluding tert-OH is 7. The molecule has 1 aliphatic carbocycles. The molecule has 0 radical (unpaired) electrons.